The number of pyridine rings is 1. The number of hydrogen-bond acceptors (Lipinski definition) is 2. The fourth-order valence-electron chi connectivity index (χ4n) is 3.07. The van der Waals surface area contributed by atoms with Crippen molar-refractivity contribution in [2.45, 2.75) is 52.6 Å². The van der Waals surface area contributed by atoms with Gasteiger partial charge in [0, 0.05) is 11.8 Å². The molecule has 3 aromatic rings. The maximum atomic E-state index is 10.6. The van der Waals surface area contributed by atoms with E-state index in [0.717, 1.165) is 28.2 Å². The van der Waals surface area contributed by atoms with Crippen LogP contribution in [0.4, 0.5) is 0 Å². The first kappa shape index (κ1) is 16.7. The Bertz CT molecular complexity index is 854. The minimum atomic E-state index is -0.529. The molecule has 126 valence electrons. The molecule has 2 aromatic heterocycles. The lowest BCUT2D eigenvalue weighted by Gasteiger charge is -2.19. The van der Waals surface area contributed by atoms with Crippen LogP contribution in [0.25, 0.3) is 16.9 Å². The van der Waals surface area contributed by atoms with Crippen LogP contribution in [0.2, 0.25) is 0 Å². The number of aliphatic hydroxyl groups excluding tert-OH is 1. The van der Waals surface area contributed by atoms with Crippen molar-refractivity contribution >= 4 is 5.65 Å². The predicted octanol–water partition coefficient (Wildman–Crippen LogP) is 5.05. The van der Waals surface area contributed by atoms with Gasteiger partial charge in [-0.3, -0.25) is 0 Å². The van der Waals surface area contributed by atoms with Gasteiger partial charge in [0.2, 0.25) is 0 Å². The molecule has 3 nitrogen and oxygen atoms in total. The molecule has 0 bridgehead atoms. The van der Waals surface area contributed by atoms with Gasteiger partial charge in [0.05, 0.1) is 17.5 Å². The SMILES string of the molecule is CCC(O)c1c(-c2ccc(C(C)(C)C)cc2)nc2c(C)cccn12. The zero-order chi connectivity index (χ0) is 17.5. The molecule has 1 N–H and O–H groups in total. The molecule has 0 aliphatic heterocycles. The number of nitrogens with zero attached hydrogens (tertiary/aromatic N) is 2. The Kier molecular flexibility index (Phi) is 4.22. The zero-order valence-corrected chi connectivity index (χ0v) is 15.2. The molecular formula is C21H26N2O. The molecule has 0 saturated heterocycles. The summed E-state index contributed by atoms with van der Waals surface area (Å²) in [5.74, 6) is 0. The number of aromatic nitrogens is 2. The third kappa shape index (κ3) is 2.84. The lowest BCUT2D eigenvalue weighted by atomic mass is 9.86. The molecule has 24 heavy (non-hydrogen) atoms. The summed E-state index contributed by atoms with van der Waals surface area (Å²) in [7, 11) is 0. The van der Waals surface area contributed by atoms with Crippen molar-refractivity contribution in [3.8, 4) is 11.3 Å². The molecule has 0 amide bonds. The largest absolute Gasteiger partial charge is 0.387 e. The molecule has 1 aromatic carbocycles. The summed E-state index contributed by atoms with van der Waals surface area (Å²) in [5, 5.41) is 10.6. The molecule has 1 atom stereocenters. The van der Waals surface area contributed by atoms with Gasteiger partial charge in [-0.15, -0.1) is 0 Å². The number of benzene rings is 1. The number of fused-ring (bicyclic) bond motifs is 1. The van der Waals surface area contributed by atoms with Crippen molar-refractivity contribution in [3.63, 3.8) is 0 Å². The molecule has 0 aliphatic rings. The highest BCUT2D eigenvalue weighted by Crippen LogP contribution is 2.32. The number of aliphatic hydroxyl groups is 1. The molecule has 0 fully saturated rings. The van der Waals surface area contributed by atoms with E-state index >= 15 is 0 Å². The molecular weight excluding hydrogens is 296 g/mol. The number of imidazole rings is 1. The Morgan fingerprint density at radius 2 is 1.79 bits per heavy atom. The summed E-state index contributed by atoms with van der Waals surface area (Å²) in [6.07, 6.45) is 2.12. The van der Waals surface area contributed by atoms with Gasteiger partial charge in [-0.25, -0.2) is 4.98 Å². The van der Waals surface area contributed by atoms with Crippen LogP contribution in [0.5, 0.6) is 0 Å². The van der Waals surface area contributed by atoms with Gasteiger partial charge in [0.25, 0.3) is 0 Å². The van der Waals surface area contributed by atoms with E-state index in [0.29, 0.717) is 6.42 Å². The van der Waals surface area contributed by atoms with Crippen LogP contribution in [0.15, 0.2) is 42.6 Å². The van der Waals surface area contributed by atoms with Crippen molar-refractivity contribution in [1.82, 2.24) is 9.38 Å². The molecule has 3 rings (SSSR count). The van der Waals surface area contributed by atoms with Crippen molar-refractivity contribution in [2.24, 2.45) is 0 Å². The van der Waals surface area contributed by atoms with Gasteiger partial charge in [0.1, 0.15) is 5.65 Å². The summed E-state index contributed by atoms with van der Waals surface area (Å²) in [4.78, 5) is 4.85. The van der Waals surface area contributed by atoms with Crippen LogP contribution in [0, 0.1) is 6.92 Å². The van der Waals surface area contributed by atoms with Crippen LogP contribution >= 0.6 is 0 Å². The third-order valence-electron chi connectivity index (χ3n) is 4.61. The molecule has 0 aliphatic carbocycles. The van der Waals surface area contributed by atoms with Gasteiger partial charge in [-0.2, -0.15) is 0 Å². The Morgan fingerprint density at radius 3 is 2.38 bits per heavy atom. The summed E-state index contributed by atoms with van der Waals surface area (Å²) < 4.78 is 2.02. The normalized spacial score (nSPS) is 13.4. The monoisotopic (exact) mass is 322 g/mol. The van der Waals surface area contributed by atoms with E-state index in [-0.39, 0.29) is 5.41 Å². The minimum Gasteiger partial charge on any atom is -0.387 e. The summed E-state index contributed by atoms with van der Waals surface area (Å²) >= 11 is 0. The van der Waals surface area contributed by atoms with Crippen LogP contribution in [-0.4, -0.2) is 14.5 Å². The molecule has 0 radical (unpaired) electrons. The van der Waals surface area contributed by atoms with Crippen molar-refractivity contribution < 1.29 is 5.11 Å². The standard InChI is InChI=1S/C21H26N2O/c1-6-17(24)19-18(22-20-14(2)8-7-13-23(19)20)15-9-11-16(12-10-15)21(3,4)5/h7-13,17,24H,6H2,1-5H3. The molecule has 0 saturated carbocycles. The van der Waals surface area contributed by atoms with Gasteiger partial charge < -0.3 is 9.51 Å². The van der Waals surface area contributed by atoms with Gasteiger partial charge in [-0.05, 0) is 36.0 Å². The fraction of sp³-hybridized carbons (Fsp3) is 0.381. The van der Waals surface area contributed by atoms with E-state index in [4.69, 9.17) is 4.98 Å². The molecule has 1 unspecified atom stereocenters. The highest BCUT2D eigenvalue weighted by atomic mass is 16.3. The van der Waals surface area contributed by atoms with Crippen molar-refractivity contribution in [3.05, 3.63) is 59.4 Å². The first-order valence-electron chi connectivity index (χ1n) is 8.59. The van der Waals surface area contributed by atoms with Gasteiger partial charge in [0.15, 0.2) is 0 Å². The fourth-order valence-corrected chi connectivity index (χ4v) is 3.07. The minimum absolute atomic E-state index is 0.125. The zero-order valence-electron chi connectivity index (χ0n) is 15.2. The Hall–Kier alpha value is -2.13. The summed E-state index contributed by atoms with van der Waals surface area (Å²) in [6.45, 7) is 10.7. The number of hydrogen-bond donors (Lipinski definition) is 1. The van der Waals surface area contributed by atoms with Crippen molar-refractivity contribution in [2.75, 3.05) is 0 Å². The second-order valence-electron chi connectivity index (χ2n) is 7.48. The maximum absolute atomic E-state index is 10.6. The van der Waals surface area contributed by atoms with Crippen LogP contribution in [-0.2, 0) is 5.41 Å². The van der Waals surface area contributed by atoms with Crippen LogP contribution in [0.1, 0.15) is 57.0 Å². The first-order chi connectivity index (χ1) is 11.3. The highest BCUT2D eigenvalue weighted by Gasteiger charge is 2.21. The van der Waals surface area contributed by atoms with E-state index in [1.807, 2.05) is 23.6 Å². The Balaban J connectivity index is 2.20. The predicted molar refractivity (Wildman–Crippen MR) is 99.3 cm³/mol. The van der Waals surface area contributed by atoms with E-state index in [9.17, 15) is 5.11 Å². The highest BCUT2D eigenvalue weighted by molar-refractivity contribution is 5.68. The van der Waals surface area contributed by atoms with Crippen molar-refractivity contribution in [1.29, 1.82) is 0 Å². The molecule has 0 spiro atoms. The average Bonchev–Trinajstić information content (AvgIpc) is 2.94. The van der Waals surface area contributed by atoms with E-state index in [2.05, 4.69) is 58.0 Å². The topological polar surface area (TPSA) is 37.5 Å². The average molecular weight is 322 g/mol. The summed E-state index contributed by atoms with van der Waals surface area (Å²) in [5.41, 5.74) is 6.24. The van der Waals surface area contributed by atoms with Crippen LogP contribution < -0.4 is 0 Å². The lowest BCUT2D eigenvalue weighted by Crippen LogP contribution is -2.10. The molecule has 2 heterocycles. The smallest absolute Gasteiger partial charge is 0.140 e. The lowest BCUT2D eigenvalue weighted by molar-refractivity contribution is 0.168. The Morgan fingerprint density at radius 1 is 1.12 bits per heavy atom. The maximum Gasteiger partial charge on any atom is 0.140 e. The van der Waals surface area contributed by atoms with Gasteiger partial charge in [-0.1, -0.05) is 58.0 Å². The van der Waals surface area contributed by atoms with E-state index in [1.165, 1.54) is 5.56 Å². The quantitative estimate of drug-likeness (QED) is 0.732. The second kappa shape index (κ2) is 6.06. The van der Waals surface area contributed by atoms with E-state index in [1.54, 1.807) is 0 Å². The third-order valence-corrected chi connectivity index (χ3v) is 4.61. The molecule has 3 heteroatoms. The Labute approximate surface area is 144 Å². The van der Waals surface area contributed by atoms with E-state index < -0.39 is 6.10 Å². The van der Waals surface area contributed by atoms with Crippen LogP contribution in [0.3, 0.4) is 0 Å². The summed E-state index contributed by atoms with van der Waals surface area (Å²) in [6, 6.07) is 12.6. The number of rotatable bonds is 3. The number of aryl methyl sites for hydroxylation is 1. The van der Waals surface area contributed by atoms with Gasteiger partial charge >= 0.3 is 0 Å². The first-order valence-corrected chi connectivity index (χ1v) is 8.59. The second-order valence-corrected chi connectivity index (χ2v) is 7.48.